The molecule has 7 rings (SSSR count). The molecule has 2 saturated heterocycles. The predicted molar refractivity (Wildman–Crippen MR) is 187 cm³/mol. The van der Waals surface area contributed by atoms with Crippen LogP contribution >= 0.6 is 11.8 Å². The van der Waals surface area contributed by atoms with Gasteiger partial charge in [0.05, 0.1) is 30.5 Å². The number of carbonyl (C=O) groups is 2. The van der Waals surface area contributed by atoms with E-state index in [0.717, 1.165) is 78.9 Å². The first-order valence-electron chi connectivity index (χ1n) is 17.1. The molecular weight excluding hydrogens is 702 g/mol. The molecule has 15 heteroatoms. The zero-order valence-electron chi connectivity index (χ0n) is 28.3. The summed E-state index contributed by atoms with van der Waals surface area (Å²) < 4.78 is 76.8. The second-order valence-corrected chi connectivity index (χ2v) is 14.2. The Hall–Kier alpha value is -4.76. The second kappa shape index (κ2) is 15.5. The monoisotopic (exact) mass is 739 g/mol. The maximum Gasteiger partial charge on any atom is 0.338 e. The molecule has 1 aromatic heterocycles. The summed E-state index contributed by atoms with van der Waals surface area (Å²) in [6.45, 7) is 3.77. The van der Waals surface area contributed by atoms with Crippen molar-refractivity contribution in [3.05, 3.63) is 83.6 Å². The standard InChI is InChI=1S/C37H37F4N5O5S/c1-49-31-16-24-29(17-32(31)50-13-5-12-45-18-21-6-2-3-7-22(21)19-45)42-11-10-30(24)51-35-27(40)14-23(15-28(35)41)43-37(48)44-46-33(47)20-52-36(46)34-25(38)8-4-9-26(34)39/h4,8-11,14-17,21-22,36H,2-3,5-7,12-13,18-20H2,1H3,(H2,43,44,48)/t21-,22+,36?. The first-order valence-corrected chi connectivity index (χ1v) is 18.2. The summed E-state index contributed by atoms with van der Waals surface area (Å²) in [6, 6.07) is 8.62. The number of ether oxygens (including phenoxy) is 3. The minimum Gasteiger partial charge on any atom is -0.493 e. The van der Waals surface area contributed by atoms with Crippen molar-refractivity contribution in [3.63, 3.8) is 0 Å². The number of amides is 3. The molecule has 3 fully saturated rings. The summed E-state index contributed by atoms with van der Waals surface area (Å²) in [7, 11) is 1.50. The Morgan fingerprint density at radius 3 is 2.35 bits per heavy atom. The van der Waals surface area contributed by atoms with Gasteiger partial charge in [0.2, 0.25) is 0 Å². The van der Waals surface area contributed by atoms with Crippen molar-refractivity contribution in [2.24, 2.45) is 11.8 Å². The molecule has 1 unspecified atom stereocenters. The number of methoxy groups -OCH3 is 1. The summed E-state index contributed by atoms with van der Waals surface area (Å²) in [5, 5.41) is 2.24. The van der Waals surface area contributed by atoms with Crippen LogP contribution in [-0.4, -0.2) is 65.9 Å². The minimum absolute atomic E-state index is 0.0954. The van der Waals surface area contributed by atoms with Gasteiger partial charge in [-0.2, -0.15) is 0 Å². The predicted octanol–water partition coefficient (Wildman–Crippen LogP) is 7.79. The quantitative estimate of drug-likeness (QED) is 0.119. The molecule has 2 aliphatic heterocycles. The van der Waals surface area contributed by atoms with Crippen molar-refractivity contribution in [2.75, 3.05) is 44.4 Å². The van der Waals surface area contributed by atoms with Gasteiger partial charge < -0.3 is 24.4 Å². The maximum absolute atomic E-state index is 15.3. The lowest BCUT2D eigenvalue weighted by atomic mass is 9.82. The van der Waals surface area contributed by atoms with Crippen molar-refractivity contribution in [1.82, 2.24) is 20.3 Å². The van der Waals surface area contributed by atoms with Crippen LogP contribution in [0.5, 0.6) is 23.0 Å². The van der Waals surface area contributed by atoms with E-state index < -0.39 is 51.9 Å². The maximum atomic E-state index is 15.3. The van der Waals surface area contributed by atoms with Gasteiger partial charge in [-0.1, -0.05) is 18.9 Å². The number of rotatable bonds is 11. The molecule has 4 aromatic rings. The van der Waals surface area contributed by atoms with Crippen molar-refractivity contribution in [3.8, 4) is 23.0 Å². The van der Waals surface area contributed by atoms with Crippen LogP contribution < -0.4 is 25.0 Å². The molecule has 3 aromatic carbocycles. The van der Waals surface area contributed by atoms with E-state index in [1.54, 1.807) is 12.1 Å². The fourth-order valence-electron chi connectivity index (χ4n) is 7.26. The number of hydrazine groups is 1. The Bertz CT molecular complexity index is 1930. The average molecular weight is 740 g/mol. The molecule has 2 N–H and O–H groups in total. The number of carbonyl (C=O) groups excluding carboxylic acids is 2. The third kappa shape index (κ3) is 7.56. The van der Waals surface area contributed by atoms with E-state index >= 15 is 8.78 Å². The number of nitrogens with zero attached hydrogens (tertiary/aromatic N) is 3. The number of halogens is 4. The zero-order chi connectivity index (χ0) is 36.4. The SMILES string of the molecule is COc1cc2c(Oc3c(F)cc(NC(=O)NN4C(=O)CSC4c4c(F)cccc4F)cc3F)ccnc2cc1OCCCN1C[C@H]2CCCC[C@H]2C1. The molecule has 52 heavy (non-hydrogen) atoms. The van der Waals surface area contributed by atoms with Gasteiger partial charge in [0.25, 0.3) is 5.91 Å². The highest BCUT2D eigenvalue weighted by Gasteiger charge is 2.38. The highest BCUT2D eigenvalue weighted by molar-refractivity contribution is 8.00. The van der Waals surface area contributed by atoms with Crippen LogP contribution in [-0.2, 0) is 4.79 Å². The Morgan fingerprint density at radius 1 is 0.942 bits per heavy atom. The summed E-state index contributed by atoms with van der Waals surface area (Å²) in [6.07, 6.45) is 7.64. The fraction of sp³-hybridized carbons (Fsp3) is 0.378. The van der Waals surface area contributed by atoms with Crippen LogP contribution in [0.2, 0.25) is 0 Å². The third-order valence-electron chi connectivity index (χ3n) is 9.72. The molecule has 1 saturated carbocycles. The van der Waals surface area contributed by atoms with Crippen LogP contribution in [0.4, 0.5) is 28.0 Å². The van der Waals surface area contributed by atoms with Gasteiger partial charge in [0.15, 0.2) is 28.9 Å². The number of hydrogen-bond donors (Lipinski definition) is 2. The highest BCUT2D eigenvalue weighted by atomic mass is 32.2. The molecule has 274 valence electrons. The lowest BCUT2D eigenvalue weighted by molar-refractivity contribution is -0.130. The molecule has 3 atom stereocenters. The summed E-state index contributed by atoms with van der Waals surface area (Å²) in [4.78, 5) is 32.1. The summed E-state index contributed by atoms with van der Waals surface area (Å²) >= 11 is 0.907. The van der Waals surface area contributed by atoms with Crippen LogP contribution in [0.1, 0.15) is 43.0 Å². The van der Waals surface area contributed by atoms with Crippen molar-refractivity contribution in [1.29, 1.82) is 0 Å². The first-order chi connectivity index (χ1) is 25.2. The van der Waals surface area contributed by atoms with Gasteiger partial charge in [-0.3, -0.25) is 9.78 Å². The van der Waals surface area contributed by atoms with Crippen molar-refractivity contribution < 1.29 is 41.4 Å². The number of anilines is 1. The number of benzene rings is 3. The largest absolute Gasteiger partial charge is 0.493 e. The second-order valence-electron chi connectivity index (χ2n) is 13.1. The van der Waals surface area contributed by atoms with Gasteiger partial charge in [-0.05, 0) is 55.4 Å². The topological polar surface area (TPSA) is 105 Å². The number of pyridine rings is 1. The van der Waals surface area contributed by atoms with Crippen LogP contribution in [0.15, 0.2) is 54.7 Å². The smallest absolute Gasteiger partial charge is 0.338 e. The van der Waals surface area contributed by atoms with E-state index in [-0.39, 0.29) is 17.2 Å². The molecule has 3 amide bonds. The lowest BCUT2D eigenvalue weighted by Crippen LogP contribution is -2.46. The minimum atomic E-state index is -1.19. The molecular formula is C37H37F4N5O5S. The van der Waals surface area contributed by atoms with Gasteiger partial charge in [-0.25, -0.2) is 32.8 Å². The summed E-state index contributed by atoms with van der Waals surface area (Å²) in [5.74, 6) is -2.94. The van der Waals surface area contributed by atoms with Crippen molar-refractivity contribution >= 4 is 40.3 Å². The third-order valence-corrected chi connectivity index (χ3v) is 10.9. The van der Waals surface area contributed by atoms with Gasteiger partial charge in [-0.15, -0.1) is 11.8 Å². The lowest BCUT2D eigenvalue weighted by Gasteiger charge is -2.25. The van der Waals surface area contributed by atoms with Crippen molar-refractivity contribution in [2.45, 2.75) is 37.5 Å². The van der Waals surface area contributed by atoms with Crippen LogP contribution in [0, 0.1) is 35.1 Å². The molecule has 0 radical (unpaired) electrons. The normalized spacial score (nSPS) is 20.2. The number of urea groups is 1. The van der Waals surface area contributed by atoms with E-state index in [2.05, 4.69) is 20.6 Å². The molecule has 1 aliphatic carbocycles. The van der Waals surface area contributed by atoms with Crippen LogP contribution in [0.3, 0.4) is 0 Å². The fourth-order valence-corrected chi connectivity index (χ4v) is 8.41. The number of hydrogen-bond acceptors (Lipinski definition) is 8. The van der Waals surface area contributed by atoms with E-state index in [9.17, 15) is 18.4 Å². The zero-order valence-corrected chi connectivity index (χ0v) is 29.1. The van der Waals surface area contributed by atoms with E-state index in [1.165, 1.54) is 51.1 Å². The van der Waals surface area contributed by atoms with Gasteiger partial charge >= 0.3 is 6.03 Å². The number of likely N-dealkylation sites (tertiary alicyclic amines) is 1. The van der Waals surface area contributed by atoms with Gasteiger partial charge in [0.1, 0.15) is 22.8 Å². The van der Waals surface area contributed by atoms with E-state index in [4.69, 9.17) is 14.2 Å². The Kier molecular flexibility index (Phi) is 10.6. The Balaban J connectivity index is 0.998. The molecule has 3 aliphatic rings. The average Bonchev–Trinajstić information content (AvgIpc) is 3.70. The first kappa shape index (κ1) is 35.6. The summed E-state index contributed by atoms with van der Waals surface area (Å²) in [5.41, 5.74) is 1.96. The van der Waals surface area contributed by atoms with E-state index in [0.29, 0.717) is 29.0 Å². The van der Waals surface area contributed by atoms with E-state index in [1.807, 2.05) is 0 Å². The molecule has 3 heterocycles. The van der Waals surface area contributed by atoms with Crippen LogP contribution in [0.25, 0.3) is 10.9 Å². The van der Waals surface area contributed by atoms with Gasteiger partial charge in [0, 0.05) is 55.1 Å². The molecule has 0 spiro atoms. The molecule has 0 bridgehead atoms. The Labute approximate surface area is 301 Å². The highest BCUT2D eigenvalue weighted by Crippen LogP contribution is 2.41. The number of nitrogens with one attached hydrogen (secondary N) is 2. The number of aromatic nitrogens is 1. The Morgan fingerprint density at radius 2 is 1.65 bits per heavy atom. The molecule has 10 nitrogen and oxygen atoms in total. The number of fused-ring (bicyclic) bond motifs is 2. The number of thioether (sulfide) groups is 1.